The molecule has 0 aromatic rings. The average Bonchev–Trinajstić information content (AvgIpc) is 3.33. The lowest BCUT2D eigenvalue weighted by Gasteiger charge is -2.18. The molecule has 0 bridgehead atoms. The zero-order valence-corrected chi connectivity index (χ0v) is 43.4. The molecule has 0 aromatic heterocycles. The summed E-state index contributed by atoms with van der Waals surface area (Å²) in [6.07, 6.45) is 74.1. The van der Waals surface area contributed by atoms with Gasteiger partial charge in [0.15, 0.2) is 6.10 Å². The minimum absolute atomic E-state index is 0.0905. The minimum Gasteiger partial charge on any atom is -0.462 e. The molecule has 67 heavy (non-hydrogen) atoms. The number of hydrogen-bond acceptors (Lipinski definition) is 6. The Bertz CT molecular complexity index is 1390. The molecule has 0 rings (SSSR count). The van der Waals surface area contributed by atoms with Crippen LogP contribution in [0.2, 0.25) is 0 Å². The molecule has 0 N–H and O–H groups in total. The molecule has 0 amide bonds. The first kappa shape index (κ1) is 63.1. The van der Waals surface area contributed by atoms with E-state index in [-0.39, 0.29) is 31.1 Å². The highest BCUT2D eigenvalue weighted by atomic mass is 16.6. The lowest BCUT2D eigenvalue weighted by atomic mass is 10.0. The van der Waals surface area contributed by atoms with Gasteiger partial charge >= 0.3 is 17.9 Å². The van der Waals surface area contributed by atoms with Crippen LogP contribution in [0.15, 0.2) is 109 Å². The van der Waals surface area contributed by atoms with E-state index in [4.69, 9.17) is 14.2 Å². The number of allylic oxidation sites excluding steroid dienone is 18. The van der Waals surface area contributed by atoms with Gasteiger partial charge in [0.2, 0.25) is 0 Å². The van der Waals surface area contributed by atoms with Crippen molar-refractivity contribution in [2.75, 3.05) is 13.2 Å². The highest BCUT2D eigenvalue weighted by molar-refractivity contribution is 5.71. The van der Waals surface area contributed by atoms with Gasteiger partial charge in [-0.15, -0.1) is 0 Å². The number of rotatable bonds is 48. The summed E-state index contributed by atoms with van der Waals surface area (Å²) in [5.41, 5.74) is 0. The van der Waals surface area contributed by atoms with E-state index in [9.17, 15) is 14.4 Å². The van der Waals surface area contributed by atoms with Crippen LogP contribution in [0.25, 0.3) is 0 Å². The summed E-state index contributed by atoms with van der Waals surface area (Å²) < 4.78 is 16.7. The molecule has 0 saturated heterocycles. The van der Waals surface area contributed by atoms with Gasteiger partial charge < -0.3 is 14.2 Å². The van der Waals surface area contributed by atoms with Crippen molar-refractivity contribution in [3.05, 3.63) is 109 Å². The smallest absolute Gasteiger partial charge is 0.306 e. The Hall–Kier alpha value is -3.93. The number of esters is 3. The van der Waals surface area contributed by atoms with E-state index in [0.717, 1.165) is 135 Å². The minimum atomic E-state index is -0.789. The zero-order valence-electron chi connectivity index (χ0n) is 43.4. The zero-order chi connectivity index (χ0) is 48.6. The van der Waals surface area contributed by atoms with E-state index in [1.165, 1.54) is 64.2 Å². The van der Waals surface area contributed by atoms with E-state index < -0.39 is 6.10 Å². The van der Waals surface area contributed by atoms with Crippen molar-refractivity contribution in [2.24, 2.45) is 0 Å². The summed E-state index contributed by atoms with van der Waals surface area (Å²) in [7, 11) is 0. The van der Waals surface area contributed by atoms with Gasteiger partial charge in [0.25, 0.3) is 0 Å². The van der Waals surface area contributed by atoms with Gasteiger partial charge in [-0.05, 0) is 103 Å². The fourth-order valence-electron chi connectivity index (χ4n) is 7.22. The van der Waals surface area contributed by atoms with Crippen LogP contribution in [0.5, 0.6) is 0 Å². The van der Waals surface area contributed by atoms with Gasteiger partial charge in [0.1, 0.15) is 13.2 Å². The van der Waals surface area contributed by atoms with Crippen LogP contribution >= 0.6 is 0 Å². The molecule has 0 aliphatic carbocycles. The summed E-state index contributed by atoms with van der Waals surface area (Å²) in [6.45, 7) is 6.30. The highest BCUT2D eigenvalue weighted by Crippen LogP contribution is 2.14. The molecule has 0 spiro atoms. The molecule has 0 aromatic carbocycles. The summed E-state index contributed by atoms with van der Waals surface area (Å²) in [5.74, 6) is -0.934. The number of unbranched alkanes of at least 4 members (excludes halogenated alkanes) is 19. The van der Waals surface area contributed by atoms with Crippen molar-refractivity contribution in [3.8, 4) is 0 Å². The van der Waals surface area contributed by atoms with Gasteiger partial charge in [-0.25, -0.2) is 0 Å². The van der Waals surface area contributed by atoms with Crippen molar-refractivity contribution in [1.82, 2.24) is 0 Å². The number of ether oxygens (including phenoxy) is 3. The summed E-state index contributed by atoms with van der Waals surface area (Å²) in [5, 5.41) is 0. The van der Waals surface area contributed by atoms with E-state index in [2.05, 4.69) is 130 Å². The molecule has 380 valence electrons. The molecule has 0 radical (unpaired) electrons. The maximum absolute atomic E-state index is 12.7. The number of hydrogen-bond donors (Lipinski definition) is 0. The summed E-state index contributed by atoms with van der Waals surface area (Å²) in [6, 6.07) is 0. The first-order chi connectivity index (χ1) is 33.0. The third kappa shape index (κ3) is 52.9. The van der Waals surface area contributed by atoms with Gasteiger partial charge in [-0.2, -0.15) is 0 Å². The number of carbonyl (C=O) groups excluding carboxylic acids is 3. The normalized spacial score (nSPS) is 12.9. The molecule has 0 saturated carbocycles. The first-order valence-electron chi connectivity index (χ1n) is 27.4. The second-order valence-electron chi connectivity index (χ2n) is 17.7. The van der Waals surface area contributed by atoms with Crippen LogP contribution in [-0.4, -0.2) is 37.2 Å². The van der Waals surface area contributed by atoms with Crippen LogP contribution in [-0.2, 0) is 28.6 Å². The molecule has 0 heterocycles. The van der Waals surface area contributed by atoms with Crippen LogP contribution in [0.1, 0.15) is 239 Å². The molecule has 1 atom stereocenters. The molecular weight excluding hydrogens is 829 g/mol. The second-order valence-corrected chi connectivity index (χ2v) is 17.7. The standard InChI is InChI=1S/C61H100O6/c1-4-7-10-13-15-17-19-21-23-25-26-27-28-29-30-31-32-33-34-36-37-39-41-43-45-48-51-54-60(63)66-57-58(56-65-59(62)53-50-47-12-9-6-3)67-61(64)55-52-49-46-44-42-40-38-35-24-22-20-18-16-14-11-8-5-2/h7-8,10-11,15-18,21-24,26-27,29-30,38,40,58H,4-6,9,12-14,19-20,25,28,31-37,39,41-57H2,1-3H3/b10-7-,11-8-,17-15-,18-16-,23-21-,24-22-,27-26-,30-29-,40-38-. The largest absolute Gasteiger partial charge is 0.462 e. The average molecular weight is 929 g/mol. The van der Waals surface area contributed by atoms with Crippen LogP contribution in [0, 0.1) is 0 Å². The van der Waals surface area contributed by atoms with Gasteiger partial charge in [-0.1, -0.05) is 226 Å². The topological polar surface area (TPSA) is 78.9 Å². The molecule has 6 nitrogen and oxygen atoms in total. The van der Waals surface area contributed by atoms with Gasteiger partial charge in [0.05, 0.1) is 0 Å². The number of carbonyl (C=O) groups is 3. The fraction of sp³-hybridized carbons (Fsp3) is 0.656. The van der Waals surface area contributed by atoms with Crippen molar-refractivity contribution < 1.29 is 28.6 Å². The van der Waals surface area contributed by atoms with E-state index in [1.54, 1.807) is 0 Å². The monoisotopic (exact) mass is 929 g/mol. The Balaban J connectivity index is 4.13. The third-order valence-corrected chi connectivity index (χ3v) is 11.3. The van der Waals surface area contributed by atoms with Crippen LogP contribution in [0.4, 0.5) is 0 Å². The molecule has 0 fully saturated rings. The Morgan fingerprint density at radius 1 is 0.313 bits per heavy atom. The summed E-state index contributed by atoms with van der Waals surface area (Å²) in [4.78, 5) is 37.7. The first-order valence-corrected chi connectivity index (χ1v) is 27.4. The third-order valence-electron chi connectivity index (χ3n) is 11.3. The fourth-order valence-corrected chi connectivity index (χ4v) is 7.22. The molecular formula is C61H100O6. The predicted molar refractivity (Wildman–Crippen MR) is 288 cm³/mol. The molecule has 0 aliphatic heterocycles. The maximum atomic E-state index is 12.7. The Morgan fingerprint density at radius 3 is 0.910 bits per heavy atom. The SMILES string of the molecule is CC/C=C\C/C=C\C/C=C\C/C=C\C/C=C\CCCCCCCCCCCCCC(=O)OCC(COC(=O)CCCCCCC)OC(=O)CCCCCC/C=C\C/C=C\C/C=C\C/C=C\CC. The Kier molecular flexibility index (Phi) is 51.5. The molecule has 6 heteroatoms. The van der Waals surface area contributed by atoms with Crippen molar-refractivity contribution in [3.63, 3.8) is 0 Å². The van der Waals surface area contributed by atoms with Gasteiger partial charge in [-0.3, -0.25) is 14.4 Å². The second kappa shape index (κ2) is 54.7. The van der Waals surface area contributed by atoms with Crippen LogP contribution in [0.3, 0.4) is 0 Å². The van der Waals surface area contributed by atoms with E-state index in [1.807, 2.05) is 0 Å². The Morgan fingerprint density at radius 2 is 0.582 bits per heavy atom. The van der Waals surface area contributed by atoms with E-state index in [0.29, 0.717) is 19.3 Å². The van der Waals surface area contributed by atoms with Gasteiger partial charge in [0, 0.05) is 19.3 Å². The summed E-state index contributed by atoms with van der Waals surface area (Å²) >= 11 is 0. The Labute approximate surface area is 412 Å². The predicted octanol–water partition coefficient (Wildman–Crippen LogP) is 18.3. The molecule has 1 unspecified atom stereocenters. The highest BCUT2D eigenvalue weighted by Gasteiger charge is 2.19. The van der Waals surface area contributed by atoms with Crippen molar-refractivity contribution >= 4 is 17.9 Å². The lowest BCUT2D eigenvalue weighted by molar-refractivity contribution is -0.167. The van der Waals surface area contributed by atoms with E-state index >= 15 is 0 Å². The lowest BCUT2D eigenvalue weighted by Crippen LogP contribution is -2.30. The maximum Gasteiger partial charge on any atom is 0.306 e. The molecule has 0 aliphatic rings. The van der Waals surface area contributed by atoms with Crippen LogP contribution < -0.4 is 0 Å². The quantitative estimate of drug-likeness (QED) is 0.0262. The van der Waals surface area contributed by atoms with Crippen molar-refractivity contribution in [2.45, 2.75) is 245 Å². The van der Waals surface area contributed by atoms with Crippen molar-refractivity contribution in [1.29, 1.82) is 0 Å².